The van der Waals surface area contributed by atoms with Gasteiger partial charge in [-0.15, -0.1) is 0 Å². The standard InChI is InChI=1S/C17H30N2S/c1-17(2,3)15-5-6-16(18)14(9-15)11-19(4)10-13-7-8-20-12-13/h7-8,12,14-16H,5-6,9-11,18H2,1-4H3. The lowest BCUT2D eigenvalue weighted by Gasteiger charge is -2.41. The van der Waals surface area contributed by atoms with Gasteiger partial charge in [-0.05, 0) is 66.0 Å². The molecule has 2 N–H and O–H groups in total. The summed E-state index contributed by atoms with van der Waals surface area (Å²) in [5.74, 6) is 1.47. The van der Waals surface area contributed by atoms with E-state index in [2.05, 4.69) is 49.5 Å². The van der Waals surface area contributed by atoms with Crippen molar-refractivity contribution >= 4 is 11.3 Å². The Morgan fingerprint density at radius 3 is 2.70 bits per heavy atom. The van der Waals surface area contributed by atoms with Gasteiger partial charge in [0, 0.05) is 19.1 Å². The van der Waals surface area contributed by atoms with Crippen LogP contribution < -0.4 is 5.73 Å². The lowest BCUT2D eigenvalue weighted by molar-refractivity contribution is 0.104. The molecule has 0 spiro atoms. The van der Waals surface area contributed by atoms with Crippen molar-refractivity contribution in [3.05, 3.63) is 22.4 Å². The highest BCUT2D eigenvalue weighted by atomic mass is 32.1. The first-order valence-corrected chi connectivity index (χ1v) is 8.75. The van der Waals surface area contributed by atoms with Crippen LogP contribution >= 0.6 is 11.3 Å². The molecule has 0 aromatic carbocycles. The number of nitrogens with two attached hydrogens (primary N) is 1. The highest BCUT2D eigenvalue weighted by molar-refractivity contribution is 7.07. The molecule has 0 aliphatic heterocycles. The van der Waals surface area contributed by atoms with E-state index in [0.29, 0.717) is 17.4 Å². The van der Waals surface area contributed by atoms with Crippen LogP contribution in [0.5, 0.6) is 0 Å². The van der Waals surface area contributed by atoms with Crippen molar-refractivity contribution in [3.63, 3.8) is 0 Å². The molecule has 1 aromatic rings. The molecule has 1 heterocycles. The van der Waals surface area contributed by atoms with Crippen LogP contribution in [0.25, 0.3) is 0 Å². The molecule has 2 rings (SSSR count). The number of thiophene rings is 1. The summed E-state index contributed by atoms with van der Waals surface area (Å²) in [4.78, 5) is 2.44. The highest BCUT2D eigenvalue weighted by Gasteiger charge is 2.34. The van der Waals surface area contributed by atoms with Gasteiger partial charge in [-0.25, -0.2) is 0 Å². The molecule has 1 aliphatic rings. The van der Waals surface area contributed by atoms with Gasteiger partial charge in [0.25, 0.3) is 0 Å². The van der Waals surface area contributed by atoms with E-state index in [9.17, 15) is 0 Å². The fourth-order valence-electron chi connectivity index (χ4n) is 3.44. The molecule has 1 aliphatic carbocycles. The average molecular weight is 295 g/mol. The Morgan fingerprint density at radius 1 is 1.35 bits per heavy atom. The van der Waals surface area contributed by atoms with E-state index in [-0.39, 0.29) is 0 Å². The summed E-state index contributed by atoms with van der Waals surface area (Å²) in [5, 5.41) is 4.40. The predicted octanol–water partition coefficient (Wildman–Crippen LogP) is 3.97. The lowest BCUT2D eigenvalue weighted by atomic mass is 9.67. The molecule has 0 radical (unpaired) electrons. The van der Waals surface area contributed by atoms with Crippen molar-refractivity contribution < 1.29 is 0 Å². The second-order valence-electron chi connectivity index (χ2n) is 7.63. The molecule has 0 bridgehead atoms. The Bertz CT molecular complexity index is 394. The summed E-state index contributed by atoms with van der Waals surface area (Å²) < 4.78 is 0. The first kappa shape index (κ1) is 16.0. The first-order chi connectivity index (χ1) is 9.36. The van der Waals surface area contributed by atoms with Crippen molar-refractivity contribution in [1.82, 2.24) is 4.90 Å². The van der Waals surface area contributed by atoms with Crippen LogP contribution in [0, 0.1) is 17.3 Å². The Labute approximate surface area is 128 Å². The highest BCUT2D eigenvalue weighted by Crippen LogP contribution is 2.40. The molecule has 20 heavy (non-hydrogen) atoms. The van der Waals surface area contributed by atoms with E-state index in [1.807, 2.05) is 0 Å². The van der Waals surface area contributed by atoms with Crippen molar-refractivity contribution in [3.8, 4) is 0 Å². The van der Waals surface area contributed by atoms with Gasteiger partial charge in [0.1, 0.15) is 0 Å². The molecule has 0 amide bonds. The minimum Gasteiger partial charge on any atom is -0.327 e. The number of hydrogen-bond acceptors (Lipinski definition) is 3. The smallest absolute Gasteiger partial charge is 0.0239 e. The number of hydrogen-bond donors (Lipinski definition) is 1. The SMILES string of the molecule is CN(Cc1ccsc1)CC1CC(C(C)(C)C)CCC1N. The van der Waals surface area contributed by atoms with Gasteiger partial charge in [-0.3, -0.25) is 0 Å². The maximum atomic E-state index is 6.38. The average Bonchev–Trinajstić information content (AvgIpc) is 2.83. The van der Waals surface area contributed by atoms with Gasteiger partial charge in [-0.2, -0.15) is 11.3 Å². The molecular formula is C17H30N2S. The molecular weight excluding hydrogens is 264 g/mol. The summed E-state index contributed by atoms with van der Waals surface area (Å²) in [5.41, 5.74) is 8.23. The van der Waals surface area contributed by atoms with Crippen molar-refractivity contribution in [2.75, 3.05) is 13.6 Å². The normalized spacial score (nSPS) is 28.0. The molecule has 3 heteroatoms. The zero-order valence-corrected chi connectivity index (χ0v) is 14.2. The van der Waals surface area contributed by atoms with Crippen LogP contribution in [0.4, 0.5) is 0 Å². The topological polar surface area (TPSA) is 29.3 Å². The summed E-state index contributed by atoms with van der Waals surface area (Å²) in [6.07, 6.45) is 3.78. The third-order valence-corrected chi connectivity index (χ3v) is 5.58. The van der Waals surface area contributed by atoms with E-state index >= 15 is 0 Å². The van der Waals surface area contributed by atoms with Crippen LogP contribution in [-0.4, -0.2) is 24.5 Å². The molecule has 114 valence electrons. The second kappa shape index (κ2) is 6.59. The van der Waals surface area contributed by atoms with Gasteiger partial charge in [0.2, 0.25) is 0 Å². The fourth-order valence-corrected chi connectivity index (χ4v) is 4.10. The molecule has 1 saturated carbocycles. The van der Waals surface area contributed by atoms with E-state index < -0.39 is 0 Å². The Balaban J connectivity index is 1.89. The largest absolute Gasteiger partial charge is 0.327 e. The van der Waals surface area contributed by atoms with E-state index in [1.54, 1.807) is 11.3 Å². The van der Waals surface area contributed by atoms with Crippen LogP contribution in [-0.2, 0) is 6.54 Å². The Hall–Kier alpha value is -0.380. The molecule has 2 nitrogen and oxygen atoms in total. The minimum atomic E-state index is 0.388. The molecule has 3 unspecified atom stereocenters. The minimum absolute atomic E-state index is 0.388. The first-order valence-electron chi connectivity index (χ1n) is 7.81. The van der Waals surface area contributed by atoms with Crippen LogP contribution in [0.3, 0.4) is 0 Å². The maximum absolute atomic E-state index is 6.38. The van der Waals surface area contributed by atoms with E-state index in [1.165, 1.54) is 24.8 Å². The van der Waals surface area contributed by atoms with Gasteiger partial charge in [0.15, 0.2) is 0 Å². The monoisotopic (exact) mass is 294 g/mol. The third kappa shape index (κ3) is 4.31. The van der Waals surface area contributed by atoms with Crippen LogP contribution in [0.2, 0.25) is 0 Å². The van der Waals surface area contributed by atoms with Crippen molar-refractivity contribution in [2.45, 2.75) is 52.6 Å². The third-order valence-electron chi connectivity index (χ3n) is 4.84. The lowest BCUT2D eigenvalue weighted by Crippen LogP contribution is -2.44. The molecule has 0 saturated heterocycles. The number of nitrogens with zero attached hydrogens (tertiary/aromatic N) is 1. The van der Waals surface area contributed by atoms with Gasteiger partial charge >= 0.3 is 0 Å². The molecule has 1 aromatic heterocycles. The predicted molar refractivity (Wildman–Crippen MR) is 88.9 cm³/mol. The zero-order valence-electron chi connectivity index (χ0n) is 13.4. The quantitative estimate of drug-likeness (QED) is 0.910. The Morgan fingerprint density at radius 2 is 2.10 bits per heavy atom. The van der Waals surface area contributed by atoms with Crippen LogP contribution in [0.1, 0.15) is 45.6 Å². The summed E-state index contributed by atoms with van der Waals surface area (Å²) in [6, 6.07) is 2.61. The second-order valence-corrected chi connectivity index (χ2v) is 8.41. The van der Waals surface area contributed by atoms with E-state index in [4.69, 9.17) is 5.73 Å². The van der Waals surface area contributed by atoms with Crippen LogP contribution in [0.15, 0.2) is 16.8 Å². The summed E-state index contributed by atoms with van der Waals surface area (Å²) in [7, 11) is 2.23. The molecule has 3 atom stereocenters. The summed E-state index contributed by atoms with van der Waals surface area (Å²) >= 11 is 1.78. The fraction of sp³-hybridized carbons (Fsp3) is 0.765. The van der Waals surface area contributed by atoms with Crippen molar-refractivity contribution in [1.29, 1.82) is 0 Å². The van der Waals surface area contributed by atoms with Crippen molar-refractivity contribution in [2.24, 2.45) is 23.0 Å². The Kier molecular flexibility index (Phi) is 5.27. The van der Waals surface area contributed by atoms with E-state index in [0.717, 1.165) is 19.0 Å². The zero-order chi connectivity index (χ0) is 14.8. The van der Waals surface area contributed by atoms with Gasteiger partial charge < -0.3 is 10.6 Å². The van der Waals surface area contributed by atoms with Gasteiger partial charge in [-0.1, -0.05) is 20.8 Å². The maximum Gasteiger partial charge on any atom is 0.0239 e. The van der Waals surface area contributed by atoms with Gasteiger partial charge in [0.05, 0.1) is 0 Å². The number of rotatable bonds is 4. The molecule has 1 fully saturated rings. The summed E-state index contributed by atoms with van der Waals surface area (Å²) in [6.45, 7) is 9.30.